The van der Waals surface area contributed by atoms with Crippen LogP contribution in [0.3, 0.4) is 0 Å². The van der Waals surface area contributed by atoms with Crippen molar-refractivity contribution in [2.24, 2.45) is 0 Å². The Hall–Kier alpha value is -3.35. The van der Waals surface area contributed by atoms with Gasteiger partial charge in [-0.25, -0.2) is 14.8 Å². The third-order valence-corrected chi connectivity index (χ3v) is 5.49. The van der Waals surface area contributed by atoms with E-state index >= 15 is 0 Å². The molecule has 9 nitrogen and oxygen atoms in total. The molecular formula is C20H16Cl2N6O3. The summed E-state index contributed by atoms with van der Waals surface area (Å²) in [6.07, 6.45) is 2.37. The molecule has 0 unspecified atom stereocenters. The van der Waals surface area contributed by atoms with E-state index in [9.17, 15) is 20.0 Å². The van der Waals surface area contributed by atoms with E-state index in [0.29, 0.717) is 30.1 Å². The quantitative estimate of drug-likeness (QED) is 0.557. The minimum Gasteiger partial charge on any atom is -0.476 e. The highest BCUT2D eigenvalue weighted by Crippen LogP contribution is 2.29. The molecule has 1 aliphatic rings. The molecule has 31 heavy (non-hydrogen) atoms. The topological polar surface area (TPSA) is 124 Å². The zero-order valence-electron chi connectivity index (χ0n) is 16.3. The Morgan fingerprint density at radius 2 is 2.06 bits per heavy atom. The first-order chi connectivity index (χ1) is 14.8. The van der Waals surface area contributed by atoms with Gasteiger partial charge in [0, 0.05) is 24.8 Å². The molecule has 0 saturated carbocycles. The molecule has 3 aromatic rings. The molecule has 158 valence electrons. The summed E-state index contributed by atoms with van der Waals surface area (Å²) in [5.41, 5.74) is 0.354. The molecule has 1 fully saturated rings. The van der Waals surface area contributed by atoms with Gasteiger partial charge < -0.3 is 15.3 Å². The number of hydrogen-bond donors (Lipinski definition) is 2. The van der Waals surface area contributed by atoms with Gasteiger partial charge in [-0.1, -0.05) is 23.2 Å². The largest absolute Gasteiger partial charge is 0.476 e. The molecule has 1 aliphatic heterocycles. The third kappa shape index (κ3) is 3.76. The second kappa shape index (κ2) is 8.06. The minimum atomic E-state index is -1.23. The molecule has 2 N–H and O–H groups in total. The van der Waals surface area contributed by atoms with E-state index in [0.717, 1.165) is 6.42 Å². The molecule has 1 atom stereocenters. The molecule has 0 spiro atoms. The predicted molar refractivity (Wildman–Crippen MR) is 116 cm³/mol. The van der Waals surface area contributed by atoms with Crippen molar-refractivity contribution in [3.05, 3.63) is 61.7 Å². The monoisotopic (exact) mass is 458 g/mol. The number of hydrogen-bond acceptors (Lipinski definition) is 7. The number of pyridine rings is 2. The van der Waals surface area contributed by atoms with Crippen molar-refractivity contribution >= 4 is 46.3 Å². The predicted octanol–water partition coefficient (Wildman–Crippen LogP) is 3.35. The lowest BCUT2D eigenvalue weighted by molar-refractivity contribution is 0.0691. The normalized spacial score (nSPS) is 14.1. The lowest BCUT2D eigenvalue weighted by Crippen LogP contribution is -2.40. The van der Waals surface area contributed by atoms with Crippen molar-refractivity contribution in [1.82, 2.24) is 14.4 Å². The van der Waals surface area contributed by atoms with E-state index in [1.807, 2.05) is 11.0 Å². The molecule has 1 saturated heterocycles. The van der Waals surface area contributed by atoms with Crippen LogP contribution in [0.5, 0.6) is 0 Å². The highest BCUT2D eigenvalue weighted by Gasteiger charge is 2.25. The van der Waals surface area contributed by atoms with Gasteiger partial charge in [0.2, 0.25) is 0 Å². The van der Waals surface area contributed by atoms with Gasteiger partial charge in [0.15, 0.2) is 17.1 Å². The molecule has 0 aromatic carbocycles. The molecule has 0 amide bonds. The van der Waals surface area contributed by atoms with Crippen LogP contribution in [0.2, 0.25) is 10.2 Å². The number of halogens is 2. The summed E-state index contributed by atoms with van der Waals surface area (Å²) >= 11 is 12.1. The van der Waals surface area contributed by atoms with E-state index in [1.165, 1.54) is 22.7 Å². The van der Waals surface area contributed by atoms with Gasteiger partial charge >= 0.3 is 5.97 Å². The van der Waals surface area contributed by atoms with Crippen LogP contribution >= 0.6 is 23.2 Å². The maximum Gasteiger partial charge on any atom is 0.356 e. The van der Waals surface area contributed by atoms with Gasteiger partial charge in [0.05, 0.1) is 16.8 Å². The fourth-order valence-electron chi connectivity index (χ4n) is 3.42. The van der Waals surface area contributed by atoms with Crippen molar-refractivity contribution in [3.8, 4) is 6.07 Å². The van der Waals surface area contributed by atoms with Crippen molar-refractivity contribution < 1.29 is 9.90 Å². The average molecular weight is 459 g/mol. The first-order valence-electron chi connectivity index (χ1n) is 9.37. The van der Waals surface area contributed by atoms with Gasteiger partial charge in [-0.05, 0) is 31.5 Å². The summed E-state index contributed by atoms with van der Waals surface area (Å²) in [4.78, 5) is 34.9. The molecular weight excluding hydrogens is 443 g/mol. The number of carboxylic acid groups (broad SMARTS) is 1. The minimum absolute atomic E-state index is 0.0407. The van der Waals surface area contributed by atoms with Gasteiger partial charge in [0.25, 0.3) is 5.56 Å². The number of aromatic carboxylic acids is 1. The number of nitriles is 1. The first kappa shape index (κ1) is 20.9. The zero-order valence-corrected chi connectivity index (χ0v) is 17.8. The number of anilines is 2. The number of rotatable bonds is 5. The van der Waals surface area contributed by atoms with Crippen LogP contribution < -0.4 is 15.8 Å². The standard InChI is InChI=1S/C20H16Cl2N6O3/c1-10(24-14-3-4-15(22)25-16(14)20(30)31)12-7-11(21)9-28-18(12)26-17(27-5-2-6-27)13(8-23)19(28)29/h3-4,7,9-10,24H,2,5-6H2,1H3,(H,30,31)/t10-/m1/s1. The van der Waals surface area contributed by atoms with Crippen LogP contribution in [0.15, 0.2) is 29.2 Å². The summed E-state index contributed by atoms with van der Waals surface area (Å²) < 4.78 is 1.25. The Morgan fingerprint density at radius 1 is 1.32 bits per heavy atom. The third-order valence-electron chi connectivity index (χ3n) is 5.07. The van der Waals surface area contributed by atoms with E-state index in [1.54, 1.807) is 13.0 Å². The summed E-state index contributed by atoms with van der Waals surface area (Å²) in [5.74, 6) is -0.893. The number of nitrogens with zero attached hydrogens (tertiary/aromatic N) is 5. The van der Waals surface area contributed by atoms with Crippen LogP contribution in [0.1, 0.15) is 41.0 Å². The SMILES string of the molecule is C[C@@H](Nc1ccc(Cl)nc1C(=O)O)c1cc(Cl)cn2c(=O)c(C#N)c(N3CCC3)nc12. The molecule has 0 radical (unpaired) electrons. The fraction of sp³-hybridized carbons (Fsp3) is 0.250. The fourth-order valence-corrected chi connectivity index (χ4v) is 3.78. The first-order valence-corrected chi connectivity index (χ1v) is 10.1. The Morgan fingerprint density at radius 3 is 2.68 bits per heavy atom. The number of fused-ring (bicyclic) bond motifs is 1. The second-order valence-electron chi connectivity index (χ2n) is 7.08. The summed E-state index contributed by atoms with van der Waals surface area (Å²) in [6.45, 7) is 3.21. The van der Waals surface area contributed by atoms with E-state index < -0.39 is 17.6 Å². The van der Waals surface area contributed by atoms with E-state index in [2.05, 4.69) is 15.3 Å². The summed E-state index contributed by atoms with van der Waals surface area (Å²) in [7, 11) is 0. The highest BCUT2D eigenvalue weighted by atomic mass is 35.5. The highest BCUT2D eigenvalue weighted by molar-refractivity contribution is 6.30. The van der Waals surface area contributed by atoms with E-state index in [-0.39, 0.29) is 27.1 Å². The maximum atomic E-state index is 13.0. The molecule has 3 aromatic heterocycles. The maximum absolute atomic E-state index is 13.0. The van der Waals surface area contributed by atoms with Crippen molar-refractivity contribution in [2.45, 2.75) is 19.4 Å². The van der Waals surface area contributed by atoms with Gasteiger partial charge in [-0.2, -0.15) is 5.26 Å². The second-order valence-corrected chi connectivity index (χ2v) is 7.90. The van der Waals surface area contributed by atoms with Gasteiger partial charge in [0.1, 0.15) is 16.9 Å². The lowest BCUT2D eigenvalue weighted by atomic mass is 10.1. The molecule has 4 rings (SSSR count). The van der Waals surface area contributed by atoms with Crippen LogP contribution in [-0.4, -0.2) is 38.5 Å². The average Bonchev–Trinajstić information content (AvgIpc) is 2.68. The van der Waals surface area contributed by atoms with Crippen LogP contribution in [0, 0.1) is 11.3 Å². The Labute approximate surface area is 186 Å². The number of aromatic nitrogens is 3. The summed E-state index contributed by atoms with van der Waals surface area (Å²) in [6, 6.07) is 6.09. The van der Waals surface area contributed by atoms with Crippen molar-refractivity contribution in [2.75, 3.05) is 23.3 Å². The molecule has 0 bridgehead atoms. The Kier molecular flexibility index (Phi) is 5.43. The van der Waals surface area contributed by atoms with Gasteiger partial charge in [-0.15, -0.1) is 0 Å². The van der Waals surface area contributed by atoms with Gasteiger partial charge in [-0.3, -0.25) is 9.20 Å². The summed E-state index contributed by atoms with van der Waals surface area (Å²) in [5, 5.41) is 22.4. The molecule has 11 heteroatoms. The lowest BCUT2D eigenvalue weighted by Gasteiger charge is -2.32. The Bertz CT molecular complexity index is 1310. The van der Waals surface area contributed by atoms with E-state index in [4.69, 9.17) is 23.2 Å². The zero-order chi connectivity index (χ0) is 22.3. The molecule has 4 heterocycles. The van der Waals surface area contributed by atoms with Crippen LogP contribution in [0.4, 0.5) is 11.5 Å². The smallest absolute Gasteiger partial charge is 0.356 e. The number of carboxylic acids is 1. The van der Waals surface area contributed by atoms with Crippen LogP contribution in [-0.2, 0) is 0 Å². The van der Waals surface area contributed by atoms with Crippen molar-refractivity contribution in [1.29, 1.82) is 5.26 Å². The number of carbonyl (C=O) groups is 1. The Balaban J connectivity index is 1.86. The molecule has 0 aliphatic carbocycles. The number of nitrogens with one attached hydrogen (secondary N) is 1. The van der Waals surface area contributed by atoms with Crippen LogP contribution in [0.25, 0.3) is 5.65 Å². The van der Waals surface area contributed by atoms with Crippen molar-refractivity contribution in [3.63, 3.8) is 0 Å².